The zero-order valence-corrected chi connectivity index (χ0v) is 15.9. The summed E-state index contributed by atoms with van der Waals surface area (Å²) in [7, 11) is 1.77. The fourth-order valence-corrected chi connectivity index (χ4v) is 3.24. The molecule has 0 aliphatic carbocycles. The summed E-state index contributed by atoms with van der Waals surface area (Å²) in [5.41, 5.74) is 1.69. The number of benzene rings is 1. The predicted molar refractivity (Wildman–Crippen MR) is 104 cm³/mol. The van der Waals surface area contributed by atoms with Gasteiger partial charge in [-0.3, -0.25) is 4.79 Å². The van der Waals surface area contributed by atoms with Gasteiger partial charge in [0.15, 0.2) is 5.82 Å². The van der Waals surface area contributed by atoms with Crippen molar-refractivity contribution >= 4 is 5.97 Å². The summed E-state index contributed by atoms with van der Waals surface area (Å²) in [5, 5.41) is 10.8. The van der Waals surface area contributed by atoms with E-state index in [1.165, 1.54) is 0 Å². The Hall–Kier alpha value is -2.97. The highest BCUT2D eigenvalue weighted by atomic mass is 16.5. The van der Waals surface area contributed by atoms with Gasteiger partial charge in [-0.15, -0.1) is 0 Å². The molecule has 1 fully saturated rings. The zero-order chi connectivity index (χ0) is 19.9. The Kier molecular flexibility index (Phi) is 6.57. The Morgan fingerprint density at radius 3 is 2.82 bits per heavy atom. The molecule has 0 amide bonds. The molecule has 0 unspecified atom stereocenters. The summed E-state index contributed by atoms with van der Waals surface area (Å²) < 4.78 is 13.5. The van der Waals surface area contributed by atoms with Crippen LogP contribution in [0.5, 0.6) is 0 Å². The topological polar surface area (TPSA) is 102 Å². The van der Waals surface area contributed by atoms with E-state index in [-0.39, 0.29) is 12.1 Å². The minimum Gasteiger partial charge on any atom is -0.481 e. The second-order valence-corrected chi connectivity index (χ2v) is 6.42. The molecule has 0 bridgehead atoms. The van der Waals surface area contributed by atoms with Crippen LogP contribution in [0.2, 0.25) is 0 Å². The van der Waals surface area contributed by atoms with E-state index >= 15 is 0 Å². The second-order valence-electron chi connectivity index (χ2n) is 6.42. The number of nitrogens with one attached hydrogen (secondary N) is 1. The highest BCUT2D eigenvalue weighted by Gasteiger charge is 2.28. The molecule has 0 radical (unpaired) electrons. The van der Waals surface area contributed by atoms with E-state index in [1.807, 2.05) is 36.5 Å². The number of rotatable bonds is 4. The van der Waals surface area contributed by atoms with Gasteiger partial charge in [-0.2, -0.15) is 0 Å². The number of carboxylic acid groups (broad SMARTS) is 1. The van der Waals surface area contributed by atoms with E-state index in [2.05, 4.69) is 19.9 Å². The van der Waals surface area contributed by atoms with Gasteiger partial charge in [0, 0.05) is 38.5 Å². The number of methoxy groups -OCH3 is 1. The number of piperidine rings is 1. The number of nitrogens with zero attached hydrogens (tertiary/aromatic N) is 3. The van der Waals surface area contributed by atoms with Gasteiger partial charge in [0.1, 0.15) is 12.0 Å². The molecule has 0 saturated carbocycles. The van der Waals surface area contributed by atoms with E-state index in [0.29, 0.717) is 5.89 Å². The average molecular weight is 384 g/mol. The quantitative estimate of drug-likeness (QED) is 0.713. The lowest BCUT2D eigenvalue weighted by Crippen LogP contribution is -2.42. The predicted octanol–water partition coefficient (Wildman–Crippen LogP) is 2.85. The van der Waals surface area contributed by atoms with Crippen LogP contribution in [-0.4, -0.2) is 51.9 Å². The SMILES string of the molecule is CC(=O)O.CO[C@@H]1CCNC[C@@H]1n1ccnc1-c1coc(-c2ccccc2)n1. The third kappa shape index (κ3) is 4.65. The number of hydrogen-bond acceptors (Lipinski definition) is 6. The first kappa shape index (κ1) is 19.8. The molecule has 1 aliphatic heterocycles. The van der Waals surface area contributed by atoms with Crippen LogP contribution in [0.1, 0.15) is 19.4 Å². The molecule has 28 heavy (non-hydrogen) atoms. The van der Waals surface area contributed by atoms with Gasteiger partial charge in [-0.25, -0.2) is 9.97 Å². The van der Waals surface area contributed by atoms with Crippen LogP contribution in [0.4, 0.5) is 0 Å². The molecule has 4 rings (SSSR count). The van der Waals surface area contributed by atoms with Gasteiger partial charge in [-0.1, -0.05) is 18.2 Å². The summed E-state index contributed by atoms with van der Waals surface area (Å²) >= 11 is 0. The van der Waals surface area contributed by atoms with Crippen LogP contribution in [-0.2, 0) is 9.53 Å². The van der Waals surface area contributed by atoms with Gasteiger partial charge in [0.2, 0.25) is 5.89 Å². The molecular weight excluding hydrogens is 360 g/mol. The molecule has 8 nitrogen and oxygen atoms in total. The maximum absolute atomic E-state index is 9.00. The lowest BCUT2D eigenvalue weighted by Gasteiger charge is -2.32. The maximum Gasteiger partial charge on any atom is 0.300 e. The fourth-order valence-electron chi connectivity index (χ4n) is 3.24. The van der Waals surface area contributed by atoms with Gasteiger partial charge < -0.3 is 24.1 Å². The van der Waals surface area contributed by atoms with Crippen molar-refractivity contribution < 1.29 is 19.1 Å². The Balaban J connectivity index is 0.000000516. The lowest BCUT2D eigenvalue weighted by atomic mass is 10.0. The number of aromatic nitrogens is 3. The molecule has 1 aliphatic rings. The molecule has 2 atom stereocenters. The average Bonchev–Trinajstić information content (AvgIpc) is 3.37. The smallest absolute Gasteiger partial charge is 0.300 e. The first-order valence-corrected chi connectivity index (χ1v) is 9.07. The normalized spacial score (nSPS) is 18.9. The van der Waals surface area contributed by atoms with E-state index < -0.39 is 5.97 Å². The van der Waals surface area contributed by atoms with Crippen molar-refractivity contribution in [2.75, 3.05) is 20.2 Å². The highest BCUT2D eigenvalue weighted by Crippen LogP contribution is 2.28. The maximum atomic E-state index is 9.00. The standard InChI is InChI=1S/C18H20N4O2.C2H4O2/c1-23-16-7-8-19-11-15(16)22-10-9-20-17(22)14-12-24-18(21-14)13-5-3-2-4-6-13;1-2(3)4/h2-6,9-10,12,15-16,19H,7-8,11H2,1H3;1H3,(H,3,4)/t15-,16+;/m0./s1. The van der Waals surface area contributed by atoms with Crippen molar-refractivity contribution in [3.8, 4) is 23.0 Å². The molecule has 1 saturated heterocycles. The van der Waals surface area contributed by atoms with Crippen molar-refractivity contribution in [3.63, 3.8) is 0 Å². The van der Waals surface area contributed by atoms with Gasteiger partial charge in [0.25, 0.3) is 5.97 Å². The van der Waals surface area contributed by atoms with E-state index in [0.717, 1.165) is 43.5 Å². The van der Waals surface area contributed by atoms with Crippen LogP contribution in [0.25, 0.3) is 23.0 Å². The molecule has 1 aromatic carbocycles. The van der Waals surface area contributed by atoms with E-state index in [4.69, 9.17) is 19.1 Å². The summed E-state index contributed by atoms with van der Waals surface area (Å²) in [6.45, 7) is 2.91. The third-order valence-corrected chi connectivity index (χ3v) is 4.47. The van der Waals surface area contributed by atoms with Crippen LogP contribution in [0, 0.1) is 0 Å². The highest BCUT2D eigenvalue weighted by molar-refractivity contribution is 5.63. The van der Waals surface area contributed by atoms with Crippen LogP contribution in [0.3, 0.4) is 0 Å². The number of carboxylic acids is 1. The van der Waals surface area contributed by atoms with E-state index in [9.17, 15) is 0 Å². The molecule has 3 heterocycles. The van der Waals surface area contributed by atoms with Crippen LogP contribution in [0.15, 0.2) is 53.4 Å². The van der Waals surface area contributed by atoms with Gasteiger partial charge in [0.05, 0.1) is 12.1 Å². The zero-order valence-electron chi connectivity index (χ0n) is 15.9. The third-order valence-electron chi connectivity index (χ3n) is 4.47. The number of ether oxygens (including phenoxy) is 1. The molecule has 8 heteroatoms. The fraction of sp³-hybridized carbons (Fsp3) is 0.350. The summed E-state index contributed by atoms with van der Waals surface area (Å²) in [4.78, 5) is 18.1. The molecular formula is C20H24N4O4. The Labute approximate surface area is 163 Å². The molecule has 0 spiro atoms. The number of aliphatic carboxylic acids is 1. The minimum atomic E-state index is -0.833. The Bertz CT molecular complexity index is 887. The molecule has 148 valence electrons. The summed E-state index contributed by atoms with van der Waals surface area (Å²) in [6.07, 6.45) is 6.59. The van der Waals surface area contributed by atoms with Crippen molar-refractivity contribution in [2.24, 2.45) is 0 Å². The number of imidazole rings is 1. The Morgan fingerprint density at radius 1 is 1.36 bits per heavy atom. The summed E-state index contributed by atoms with van der Waals surface area (Å²) in [5.74, 6) is 0.571. The van der Waals surface area contributed by atoms with Crippen LogP contribution < -0.4 is 5.32 Å². The van der Waals surface area contributed by atoms with Crippen LogP contribution >= 0.6 is 0 Å². The number of hydrogen-bond donors (Lipinski definition) is 2. The largest absolute Gasteiger partial charge is 0.481 e. The van der Waals surface area contributed by atoms with Crippen molar-refractivity contribution in [1.29, 1.82) is 0 Å². The molecule has 2 N–H and O–H groups in total. The van der Waals surface area contributed by atoms with E-state index in [1.54, 1.807) is 19.6 Å². The van der Waals surface area contributed by atoms with Crippen molar-refractivity contribution in [1.82, 2.24) is 19.9 Å². The number of oxazole rings is 1. The first-order chi connectivity index (χ1) is 13.6. The molecule has 2 aromatic heterocycles. The van der Waals surface area contributed by atoms with Gasteiger partial charge >= 0.3 is 0 Å². The van der Waals surface area contributed by atoms with Crippen molar-refractivity contribution in [2.45, 2.75) is 25.5 Å². The Morgan fingerprint density at radius 2 is 2.11 bits per heavy atom. The monoisotopic (exact) mass is 384 g/mol. The minimum absolute atomic E-state index is 0.166. The molecule has 3 aromatic rings. The first-order valence-electron chi connectivity index (χ1n) is 9.07. The second kappa shape index (κ2) is 9.29. The lowest BCUT2D eigenvalue weighted by molar-refractivity contribution is -0.134. The van der Waals surface area contributed by atoms with Gasteiger partial charge in [-0.05, 0) is 25.1 Å². The summed E-state index contributed by atoms with van der Waals surface area (Å²) in [6, 6.07) is 10.1. The number of carbonyl (C=O) groups is 1. The van der Waals surface area contributed by atoms with Crippen molar-refractivity contribution in [3.05, 3.63) is 49.0 Å².